The summed E-state index contributed by atoms with van der Waals surface area (Å²) in [6.07, 6.45) is 6.53. The highest BCUT2D eigenvalue weighted by atomic mass is 35.5. The average Bonchev–Trinajstić information content (AvgIpc) is 2.69. The van der Waals surface area contributed by atoms with Gasteiger partial charge in [-0.3, -0.25) is 9.59 Å². The lowest BCUT2D eigenvalue weighted by atomic mass is 9.91. The Bertz CT molecular complexity index is 623. The van der Waals surface area contributed by atoms with Gasteiger partial charge in [0.05, 0.1) is 6.42 Å². The molecule has 2 aliphatic heterocycles. The Morgan fingerprint density at radius 1 is 1.04 bits per heavy atom. The van der Waals surface area contributed by atoms with Crippen LogP contribution in [0.1, 0.15) is 51.0 Å². The van der Waals surface area contributed by atoms with Crippen LogP contribution in [-0.2, 0) is 16.0 Å². The third-order valence-corrected chi connectivity index (χ3v) is 6.10. The normalized spacial score (nSPS) is 21.7. The largest absolute Gasteiger partial charge is 0.342 e. The zero-order chi connectivity index (χ0) is 18.5. The maximum absolute atomic E-state index is 12.9. The monoisotopic (exact) mass is 376 g/mol. The first kappa shape index (κ1) is 19.2. The molecule has 3 rings (SSSR count). The molecule has 2 aliphatic rings. The van der Waals surface area contributed by atoms with Gasteiger partial charge in [-0.15, -0.1) is 0 Å². The van der Waals surface area contributed by atoms with Gasteiger partial charge in [-0.2, -0.15) is 0 Å². The summed E-state index contributed by atoms with van der Waals surface area (Å²) in [5, 5.41) is 0.684. The van der Waals surface area contributed by atoms with Crippen LogP contribution in [0.4, 0.5) is 0 Å². The molecule has 26 heavy (non-hydrogen) atoms. The van der Waals surface area contributed by atoms with E-state index in [2.05, 4.69) is 11.8 Å². The Morgan fingerprint density at radius 3 is 2.38 bits per heavy atom. The first-order valence-corrected chi connectivity index (χ1v) is 10.3. The summed E-state index contributed by atoms with van der Waals surface area (Å²) in [5.41, 5.74) is 0.983. The fourth-order valence-electron chi connectivity index (χ4n) is 4.21. The first-order valence-electron chi connectivity index (χ1n) is 9.91. The van der Waals surface area contributed by atoms with Crippen molar-refractivity contribution in [2.45, 2.75) is 57.9 Å². The Morgan fingerprint density at radius 2 is 1.73 bits per heavy atom. The lowest BCUT2D eigenvalue weighted by molar-refractivity contribution is -0.143. The van der Waals surface area contributed by atoms with Crippen molar-refractivity contribution in [3.05, 3.63) is 34.9 Å². The smallest absolute Gasteiger partial charge is 0.226 e. The van der Waals surface area contributed by atoms with Crippen LogP contribution in [0, 0.1) is 5.92 Å². The van der Waals surface area contributed by atoms with Gasteiger partial charge in [0.15, 0.2) is 0 Å². The zero-order valence-corrected chi connectivity index (χ0v) is 16.4. The number of carbonyl (C=O) groups is 2. The van der Waals surface area contributed by atoms with Crippen LogP contribution in [0.5, 0.6) is 0 Å². The number of halogens is 1. The molecule has 0 aromatic heterocycles. The van der Waals surface area contributed by atoms with Gasteiger partial charge in [-0.25, -0.2) is 0 Å². The second-order valence-electron chi connectivity index (χ2n) is 7.55. The summed E-state index contributed by atoms with van der Waals surface area (Å²) in [4.78, 5) is 29.5. The molecule has 0 spiro atoms. The fourth-order valence-corrected chi connectivity index (χ4v) is 4.34. The van der Waals surface area contributed by atoms with Crippen molar-refractivity contribution < 1.29 is 9.59 Å². The Kier molecular flexibility index (Phi) is 6.58. The lowest BCUT2D eigenvalue weighted by Crippen LogP contribution is -2.49. The molecule has 0 saturated carbocycles. The maximum Gasteiger partial charge on any atom is 0.226 e. The van der Waals surface area contributed by atoms with Crippen LogP contribution in [0.3, 0.4) is 0 Å². The number of piperidine rings is 2. The molecule has 0 aliphatic carbocycles. The molecule has 1 aromatic carbocycles. The predicted molar refractivity (Wildman–Crippen MR) is 104 cm³/mol. The molecular weight excluding hydrogens is 348 g/mol. The van der Waals surface area contributed by atoms with E-state index in [1.807, 2.05) is 29.2 Å². The van der Waals surface area contributed by atoms with Crippen LogP contribution < -0.4 is 0 Å². The minimum Gasteiger partial charge on any atom is -0.342 e. The molecule has 1 aromatic rings. The van der Waals surface area contributed by atoms with E-state index in [9.17, 15) is 9.59 Å². The topological polar surface area (TPSA) is 40.6 Å². The van der Waals surface area contributed by atoms with E-state index in [0.29, 0.717) is 36.5 Å². The first-order chi connectivity index (χ1) is 12.6. The molecular formula is C21H29ClN2O2. The van der Waals surface area contributed by atoms with Gasteiger partial charge in [0, 0.05) is 36.6 Å². The summed E-state index contributed by atoms with van der Waals surface area (Å²) in [6.45, 7) is 4.46. The van der Waals surface area contributed by atoms with Crippen LogP contribution in [0.2, 0.25) is 5.02 Å². The van der Waals surface area contributed by atoms with Gasteiger partial charge in [0.25, 0.3) is 0 Å². The van der Waals surface area contributed by atoms with Crippen molar-refractivity contribution in [3.8, 4) is 0 Å². The second-order valence-corrected chi connectivity index (χ2v) is 7.98. The molecule has 4 nitrogen and oxygen atoms in total. The molecule has 2 amide bonds. The number of rotatable bonds is 4. The number of hydrogen-bond acceptors (Lipinski definition) is 2. The molecule has 2 fully saturated rings. The molecule has 5 heteroatoms. The number of hydrogen-bond donors (Lipinski definition) is 0. The molecule has 1 atom stereocenters. The van der Waals surface area contributed by atoms with Crippen molar-refractivity contribution >= 4 is 23.4 Å². The van der Waals surface area contributed by atoms with Crippen molar-refractivity contribution in [2.24, 2.45) is 5.92 Å². The van der Waals surface area contributed by atoms with Gasteiger partial charge >= 0.3 is 0 Å². The minimum absolute atomic E-state index is 0.0849. The van der Waals surface area contributed by atoms with Crippen molar-refractivity contribution in [3.63, 3.8) is 0 Å². The van der Waals surface area contributed by atoms with E-state index in [1.54, 1.807) is 0 Å². The molecule has 2 saturated heterocycles. The van der Waals surface area contributed by atoms with Crippen molar-refractivity contribution in [1.29, 1.82) is 0 Å². The van der Waals surface area contributed by atoms with Gasteiger partial charge in [0.1, 0.15) is 0 Å². The van der Waals surface area contributed by atoms with Gasteiger partial charge in [-0.1, -0.05) is 30.7 Å². The predicted octanol–water partition coefficient (Wildman–Crippen LogP) is 3.91. The average molecular weight is 377 g/mol. The summed E-state index contributed by atoms with van der Waals surface area (Å²) >= 11 is 5.90. The summed E-state index contributed by atoms with van der Waals surface area (Å²) < 4.78 is 0. The molecule has 0 radical (unpaired) electrons. The number of nitrogens with zero attached hydrogens (tertiary/aromatic N) is 2. The third kappa shape index (κ3) is 4.59. The lowest BCUT2D eigenvalue weighted by Gasteiger charge is -2.39. The quantitative estimate of drug-likeness (QED) is 0.799. The highest BCUT2D eigenvalue weighted by Crippen LogP contribution is 2.26. The fraction of sp³-hybridized carbons (Fsp3) is 0.619. The third-order valence-electron chi connectivity index (χ3n) is 5.85. The van der Waals surface area contributed by atoms with E-state index in [4.69, 9.17) is 11.6 Å². The van der Waals surface area contributed by atoms with E-state index in [1.165, 1.54) is 6.42 Å². The van der Waals surface area contributed by atoms with Crippen LogP contribution in [-0.4, -0.2) is 47.3 Å². The SMILES string of the molecule is CCC1CCCCN1C(=O)C1CCN(C(=O)Cc2ccc(Cl)cc2)CC1. The number of amides is 2. The summed E-state index contributed by atoms with van der Waals surface area (Å²) in [5.74, 6) is 0.547. The number of carbonyl (C=O) groups excluding carboxylic acids is 2. The minimum atomic E-state index is 0.0849. The highest BCUT2D eigenvalue weighted by Gasteiger charge is 2.33. The molecule has 0 bridgehead atoms. The molecule has 2 heterocycles. The molecule has 142 valence electrons. The van der Waals surface area contributed by atoms with E-state index in [-0.39, 0.29) is 11.8 Å². The Hall–Kier alpha value is -1.55. The van der Waals surface area contributed by atoms with E-state index in [0.717, 1.165) is 44.2 Å². The second kappa shape index (κ2) is 8.90. The van der Waals surface area contributed by atoms with Gasteiger partial charge in [-0.05, 0) is 56.2 Å². The maximum atomic E-state index is 12.9. The standard InChI is InChI=1S/C21H29ClN2O2/c1-2-19-5-3-4-12-24(19)21(26)17-10-13-23(14-11-17)20(25)15-16-6-8-18(22)9-7-16/h6-9,17,19H,2-5,10-15H2,1H3. The zero-order valence-electron chi connectivity index (χ0n) is 15.6. The van der Waals surface area contributed by atoms with Gasteiger partial charge in [0.2, 0.25) is 11.8 Å². The van der Waals surface area contributed by atoms with Crippen molar-refractivity contribution in [1.82, 2.24) is 9.80 Å². The van der Waals surface area contributed by atoms with E-state index < -0.39 is 0 Å². The number of benzene rings is 1. The van der Waals surface area contributed by atoms with Gasteiger partial charge < -0.3 is 9.80 Å². The summed E-state index contributed by atoms with van der Waals surface area (Å²) in [6, 6.07) is 7.85. The van der Waals surface area contributed by atoms with E-state index >= 15 is 0 Å². The summed E-state index contributed by atoms with van der Waals surface area (Å²) in [7, 11) is 0. The highest BCUT2D eigenvalue weighted by molar-refractivity contribution is 6.30. The van der Waals surface area contributed by atoms with Crippen LogP contribution >= 0.6 is 11.6 Å². The van der Waals surface area contributed by atoms with Crippen LogP contribution in [0.15, 0.2) is 24.3 Å². The number of likely N-dealkylation sites (tertiary alicyclic amines) is 2. The Labute approximate surface area is 161 Å². The Balaban J connectivity index is 1.51. The van der Waals surface area contributed by atoms with Crippen molar-refractivity contribution in [2.75, 3.05) is 19.6 Å². The molecule has 1 unspecified atom stereocenters. The molecule has 0 N–H and O–H groups in total. The van der Waals surface area contributed by atoms with Crippen LogP contribution in [0.25, 0.3) is 0 Å².